The van der Waals surface area contributed by atoms with Crippen molar-refractivity contribution in [3.8, 4) is 0 Å². The summed E-state index contributed by atoms with van der Waals surface area (Å²) in [4.78, 5) is 26.0. The van der Waals surface area contributed by atoms with E-state index in [2.05, 4.69) is 5.32 Å². The number of nitrogens with zero attached hydrogens (tertiary/aromatic N) is 2. The molecule has 1 aliphatic heterocycles. The second-order valence-electron chi connectivity index (χ2n) is 7.71. The van der Waals surface area contributed by atoms with E-state index in [1.165, 1.54) is 6.07 Å². The highest BCUT2D eigenvalue weighted by Gasteiger charge is 2.29. The fourth-order valence-corrected chi connectivity index (χ4v) is 5.35. The van der Waals surface area contributed by atoms with Crippen molar-refractivity contribution in [2.75, 3.05) is 29.9 Å². The number of carbonyl (C=O) groups excluding carboxylic acids is 2. The number of halogens is 3. The van der Waals surface area contributed by atoms with Crippen LogP contribution in [-0.2, 0) is 19.6 Å². The lowest BCUT2D eigenvalue weighted by Crippen LogP contribution is -2.39. The molecule has 0 bridgehead atoms. The predicted octanol–water partition coefficient (Wildman–Crippen LogP) is 3.58. The first-order valence-electron chi connectivity index (χ1n) is 10.4. The van der Waals surface area contributed by atoms with Gasteiger partial charge in [0.2, 0.25) is 21.8 Å². The van der Waals surface area contributed by atoms with Crippen molar-refractivity contribution in [2.45, 2.75) is 38.0 Å². The van der Waals surface area contributed by atoms with Crippen LogP contribution in [0.1, 0.15) is 31.7 Å². The molecule has 1 saturated heterocycles. The summed E-state index contributed by atoms with van der Waals surface area (Å²) in [5.41, 5.74) is 0.409. The lowest BCUT2D eigenvalue weighted by Gasteiger charge is -2.23. The number of rotatable bonds is 8. The van der Waals surface area contributed by atoms with Crippen LogP contribution in [0.4, 0.5) is 24.5 Å². The zero-order valence-electron chi connectivity index (χ0n) is 18.2. The first kappa shape index (κ1) is 24.7. The minimum Gasteiger partial charge on any atom is -0.322 e. The maximum atomic E-state index is 13.9. The Morgan fingerprint density at radius 3 is 2.48 bits per heavy atom. The summed E-state index contributed by atoms with van der Waals surface area (Å²) in [5, 5.41) is 2.09. The largest absolute Gasteiger partial charge is 0.322 e. The molecule has 0 radical (unpaired) electrons. The van der Waals surface area contributed by atoms with Gasteiger partial charge in [0.25, 0.3) is 0 Å². The molecule has 0 aromatic heterocycles. The van der Waals surface area contributed by atoms with Crippen molar-refractivity contribution in [1.29, 1.82) is 0 Å². The zero-order valence-corrected chi connectivity index (χ0v) is 19.0. The van der Waals surface area contributed by atoms with E-state index in [0.29, 0.717) is 36.7 Å². The van der Waals surface area contributed by atoms with Gasteiger partial charge < -0.3 is 10.2 Å². The van der Waals surface area contributed by atoms with Crippen molar-refractivity contribution in [2.24, 2.45) is 0 Å². The maximum absolute atomic E-state index is 13.9. The molecule has 0 aliphatic carbocycles. The number of nitrogens with one attached hydrogen (secondary N) is 1. The Morgan fingerprint density at radius 1 is 1.15 bits per heavy atom. The molecule has 1 aliphatic rings. The van der Waals surface area contributed by atoms with Crippen LogP contribution in [0, 0.1) is 24.4 Å². The monoisotopic (exact) mass is 483 g/mol. The van der Waals surface area contributed by atoms with E-state index < -0.39 is 45.6 Å². The van der Waals surface area contributed by atoms with Crippen LogP contribution in [0.3, 0.4) is 0 Å². The molecule has 1 heterocycles. The Balaban J connectivity index is 1.82. The summed E-state index contributed by atoms with van der Waals surface area (Å²) in [7, 11) is -4.12. The SMILES string of the molecule is CCCN(CC(=O)Nc1ccc(F)c(F)c1F)S(=O)(=O)c1ccc(N2CCCC2=O)cc1C. The normalized spacial score (nSPS) is 14.2. The highest BCUT2D eigenvalue weighted by atomic mass is 32.2. The second kappa shape index (κ2) is 9.92. The van der Waals surface area contributed by atoms with Gasteiger partial charge in [0.15, 0.2) is 17.5 Å². The van der Waals surface area contributed by atoms with E-state index >= 15 is 0 Å². The van der Waals surface area contributed by atoms with E-state index in [9.17, 15) is 31.2 Å². The average Bonchev–Trinajstić information content (AvgIpc) is 3.19. The van der Waals surface area contributed by atoms with Gasteiger partial charge in [-0.2, -0.15) is 4.31 Å². The second-order valence-corrected chi connectivity index (χ2v) is 9.61. The molecule has 11 heteroatoms. The van der Waals surface area contributed by atoms with Gasteiger partial charge in [-0.1, -0.05) is 6.92 Å². The third-order valence-corrected chi connectivity index (χ3v) is 7.27. The number of benzene rings is 2. The summed E-state index contributed by atoms with van der Waals surface area (Å²) in [5.74, 6) is -5.66. The van der Waals surface area contributed by atoms with Crippen LogP contribution in [0.5, 0.6) is 0 Å². The molecule has 0 spiro atoms. The molecule has 2 aromatic rings. The topological polar surface area (TPSA) is 86.8 Å². The van der Waals surface area contributed by atoms with Crippen molar-refractivity contribution in [3.63, 3.8) is 0 Å². The van der Waals surface area contributed by atoms with Crippen molar-refractivity contribution in [1.82, 2.24) is 4.31 Å². The van der Waals surface area contributed by atoms with Gasteiger partial charge in [-0.3, -0.25) is 9.59 Å². The lowest BCUT2D eigenvalue weighted by atomic mass is 10.2. The van der Waals surface area contributed by atoms with Crippen LogP contribution < -0.4 is 10.2 Å². The molecule has 0 unspecified atom stereocenters. The van der Waals surface area contributed by atoms with E-state index in [1.807, 2.05) is 0 Å². The summed E-state index contributed by atoms with van der Waals surface area (Å²) in [6.07, 6.45) is 1.57. The number of hydrogen-bond donors (Lipinski definition) is 1. The molecule has 33 heavy (non-hydrogen) atoms. The van der Waals surface area contributed by atoms with Gasteiger partial charge >= 0.3 is 0 Å². The highest BCUT2D eigenvalue weighted by Crippen LogP contribution is 2.28. The smallest absolute Gasteiger partial charge is 0.243 e. The van der Waals surface area contributed by atoms with E-state index in [4.69, 9.17) is 0 Å². The fraction of sp³-hybridized carbons (Fsp3) is 0.364. The maximum Gasteiger partial charge on any atom is 0.243 e. The molecule has 2 aromatic carbocycles. The Labute approximate surface area is 190 Å². The van der Waals surface area contributed by atoms with Gasteiger partial charge in [0, 0.05) is 25.2 Å². The average molecular weight is 484 g/mol. The molecule has 7 nitrogen and oxygen atoms in total. The molecule has 0 atom stereocenters. The van der Waals surface area contributed by atoms with Crippen LogP contribution in [-0.4, -0.2) is 44.2 Å². The van der Waals surface area contributed by atoms with Crippen LogP contribution in [0.2, 0.25) is 0 Å². The predicted molar refractivity (Wildman–Crippen MR) is 117 cm³/mol. The summed E-state index contributed by atoms with van der Waals surface area (Å²) in [6.45, 7) is 3.23. The first-order chi connectivity index (χ1) is 15.6. The quantitative estimate of drug-likeness (QED) is 0.582. The van der Waals surface area contributed by atoms with E-state index in [0.717, 1.165) is 16.8 Å². The van der Waals surface area contributed by atoms with E-state index in [1.54, 1.807) is 30.9 Å². The summed E-state index contributed by atoms with van der Waals surface area (Å²) in [6, 6.07) is 6.06. The number of anilines is 2. The number of hydrogen-bond acceptors (Lipinski definition) is 4. The van der Waals surface area contributed by atoms with E-state index in [-0.39, 0.29) is 17.3 Å². The van der Waals surface area contributed by atoms with Crippen LogP contribution in [0.15, 0.2) is 35.2 Å². The molecule has 3 rings (SSSR count). The molecule has 2 amide bonds. The number of sulfonamides is 1. The molecule has 1 N–H and O–H groups in total. The minimum absolute atomic E-state index is 0.00180. The Bertz CT molecular complexity index is 1190. The number of amides is 2. The first-order valence-corrected chi connectivity index (χ1v) is 11.8. The molecule has 1 fully saturated rings. The summed E-state index contributed by atoms with van der Waals surface area (Å²) < 4.78 is 67.9. The molecule has 178 valence electrons. The fourth-order valence-electron chi connectivity index (χ4n) is 3.66. The van der Waals surface area contributed by atoms with Gasteiger partial charge in [0.05, 0.1) is 17.1 Å². The lowest BCUT2D eigenvalue weighted by molar-refractivity contribution is -0.117. The Kier molecular flexibility index (Phi) is 7.43. The van der Waals surface area contributed by atoms with Gasteiger partial charge in [-0.25, -0.2) is 21.6 Å². The van der Waals surface area contributed by atoms with Crippen LogP contribution >= 0.6 is 0 Å². The Hall–Kier alpha value is -2.92. The molecular weight excluding hydrogens is 459 g/mol. The van der Waals surface area contributed by atoms with Crippen molar-refractivity contribution >= 4 is 33.2 Å². The zero-order chi connectivity index (χ0) is 24.3. The Morgan fingerprint density at radius 2 is 1.88 bits per heavy atom. The van der Waals surface area contributed by atoms with Crippen LogP contribution in [0.25, 0.3) is 0 Å². The van der Waals surface area contributed by atoms with Gasteiger partial charge in [-0.15, -0.1) is 0 Å². The highest BCUT2D eigenvalue weighted by molar-refractivity contribution is 7.89. The standard InChI is InChI=1S/C22H24F3N3O4S/c1-3-10-27(13-19(29)26-17-8-7-16(23)21(24)22(17)25)33(31,32)18-9-6-15(12-14(18)2)28-11-4-5-20(28)30/h6-9,12H,3-5,10-11,13H2,1-2H3,(H,26,29). The van der Waals surface area contributed by atoms with Crippen molar-refractivity contribution < 1.29 is 31.2 Å². The van der Waals surface area contributed by atoms with Crippen molar-refractivity contribution in [3.05, 3.63) is 53.3 Å². The minimum atomic E-state index is -4.12. The number of carbonyl (C=O) groups is 2. The molecular formula is C22H24F3N3O4S. The third-order valence-electron chi connectivity index (χ3n) is 5.26. The molecule has 0 saturated carbocycles. The summed E-state index contributed by atoms with van der Waals surface area (Å²) >= 11 is 0. The van der Waals surface area contributed by atoms with Gasteiger partial charge in [0.1, 0.15) is 0 Å². The van der Waals surface area contributed by atoms with Gasteiger partial charge in [-0.05, 0) is 55.7 Å². The third kappa shape index (κ3) is 5.19. The number of aryl methyl sites for hydroxylation is 1.